The summed E-state index contributed by atoms with van der Waals surface area (Å²) < 4.78 is 26.2. The zero-order valence-electron chi connectivity index (χ0n) is 17.1. The average molecular weight is 519 g/mol. The number of benzene rings is 2. The molecule has 1 aliphatic rings. The quantitative estimate of drug-likeness (QED) is 0.473. The number of hydrogen-bond donors (Lipinski definition) is 0. The van der Waals surface area contributed by atoms with E-state index in [0.29, 0.717) is 19.0 Å². The Morgan fingerprint density at radius 2 is 1.87 bits per heavy atom. The summed E-state index contributed by atoms with van der Waals surface area (Å²) in [6, 6.07) is 14.7. The summed E-state index contributed by atoms with van der Waals surface area (Å²) in [5.74, 6) is -0.512. The third-order valence-corrected chi connectivity index (χ3v) is 8.65. The third-order valence-electron chi connectivity index (χ3n) is 5.53. The van der Waals surface area contributed by atoms with Crippen molar-refractivity contribution in [3.05, 3.63) is 69.0 Å². The molecule has 1 amide bonds. The van der Waals surface area contributed by atoms with Crippen LogP contribution in [0.15, 0.2) is 63.3 Å². The van der Waals surface area contributed by atoms with Crippen LogP contribution in [0.4, 0.5) is 0 Å². The number of likely N-dealkylation sites (tertiary alicyclic amines) is 1. The molecule has 162 valence electrons. The van der Waals surface area contributed by atoms with Crippen LogP contribution in [0, 0.1) is 6.92 Å². The molecule has 5 nitrogen and oxygen atoms in total. The molecular formula is C23H23BrN2O3S2. The van der Waals surface area contributed by atoms with Crippen LogP contribution in [0.1, 0.15) is 29.3 Å². The first-order valence-corrected chi connectivity index (χ1v) is 13.4. The molecule has 2 aromatic carbocycles. The molecule has 1 saturated heterocycles. The van der Waals surface area contributed by atoms with E-state index in [1.54, 1.807) is 40.5 Å². The van der Waals surface area contributed by atoms with Gasteiger partial charge in [0.2, 0.25) is 5.91 Å². The summed E-state index contributed by atoms with van der Waals surface area (Å²) in [7, 11) is -3.63. The maximum atomic E-state index is 12.6. The SMILES string of the molecule is Cc1ccc(S(=O)(=O)CC(=O)N2CCC(c3nc(-c4cccc(Br)c4)cs3)CC2)cc1. The van der Waals surface area contributed by atoms with E-state index < -0.39 is 15.6 Å². The van der Waals surface area contributed by atoms with Crippen molar-refractivity contribution < 1.29 is 13.2 Å². The molecule has 8 heteroatoms. The summed E-state index contributed by atoms with van der Waals surface area (Å²) in [4.78, 5) is 19.3. The second-order valence-corrected chi connectivity index (χ2v) is 11.6. The number of sulfone groups is 1. The Morgan fingerprint density at radius 1 is 1.16 bits per heavy atom. The van der Waals surface area contributed by atoms with Gasteiger partial charge in [-0.25, -0.2) is 13.4 Å². The Hall–Kier alpha value is -2.03. The third kappa shape index (κ3) is 5.25. The van der Waals surface area contributed by atoms with Crippen LogP contribution in [-0.4, -0.2) is 43.1 Å². The lowest BCUT2D eigenvalue weighted by molar-refractivity contribution is -0.129. The fourth-order valence-corrected chi connectivity index (χ4v) is 6.34. The maximum absolute atomic E-state index is 12.6. The molecular weight excluding hydrogens is 496 g/mol. The number of hydrogen-bond acceptors (Lipinski definition) is 5. The normalized spacial score (nSPS) is 15.2. The minimum atomic E-state index is -3.63. The number of nitrogens with zero attached hydrogens (tertiary/aromatic N) is 2. The van der Waals surface area contributed by atoms with E-state index in [1.165, 1.54) is 0 Å². The van der Waals surface area contributed by atoms with E-state index in [9.17, 15) is 13.2 Å². The number of rotatable bonds is 5. The Morgan fingerprint density at radius 3 is 2.55 bits per heavy atom. The number of amides is 1. The zero-order valence-corrected chi connectivity index (χ0v) is 20.3. The van der Waals surface area contributed by atoms with Gasteiger partial charge in [-0.1, -0.05) is 45.8 Å². The molecule has 0 unspecified atom stereocenters. The summed E-state index contributed by atoms with van der Waals surface area (Å²) >= 11 is 5.15. The van der Waals surface area contributed by atoms with Crippen LogP contribution in [0.25, 0.3) is 11.3 Å². The summed E-state index contributed by atoms with van der Waals surface area (Å²) in [5.41, 5.74) is 3.02. The van der Waals surface area contributed by atoms with E-state index in [1.807, 2.05) is 25.1 Å². The molecule has 0 saturated carbocycles. The van der Waals surface area contributed by atoms with Crippen LogP contribution in [0.3, 0.4) is 0 Å². The highest BCUT2D eigenvalue weighted by Crippen LogP contribution is 2.33. The number of aryl methyl sites for hydroxylation is 1. The van der Waals surface area contributed by atoms with Crippen LogP contribution in [0.5, 0.6) is 0 Å². The van der Waals surface area contributed by atoms with Crippen molar-refractivity contribution in [2.45, 2.75) is 30.6 Å². The van der Waals surface area contributed by atoms with Gasteiger partial charge >= 0.3 is 0 Å². The molecule has 0 N–H and O–H groups in total. The Labute approximate surface area is 195 Å². The summed E-state index contributed by atoms with van der Waals surface area (Å²) in [5, 5.41) is 3.15. The van der Waals surface area contributed by atoms with Crippen LogP contribution < -0.4 is 0 Å². The molecule has 3 aromatic rings. The second-order valence-electron chi connectivity index (χ2n) is 7.81. The number of carbonyl (C=O) groups is 1. The molecule has 0 spiro atoms. The van der Waals surface area contributed by atoms with Crippen molar-refractivity contribution in [2.75, 3.05) is 18.8 Å². The minimum Gasteiger partial charge on any atom is -0.342 e. The molecule has 31 heavy (non-hydrogen) atoms. The predicted octanol–water partition coefficient (Wildman–Crippen LogP) is 5.06. The number of thiazole rings is 1. The Bertz CT molecular complexity index is 1180. The van der Waals surface area contributed by atoms with Crippen molar-refractivity contribution in [3.8, 4) is 11.3 Å². The van der Waals surface area contributed by atoms with E-state index in [2.05, 4.69) is 27.4 Å². The number of halogens is 1. The van der Waals surface area contributed by atoms with Gasteiger partial charge in [-0.05, 0) is 44.0 Å². The molecule has 1 fully saturated rings. The highest BCUT2D eigenvalue weighted by atomic mass is 79.9. The summed E-state index contributed by atoms with van der Waals surface area (Å²) in [6.07, 6.45) is 1.59. The fraction of sp³-hybridized carbons (Fsp3) is 0.304. The average Bonchev–Trinajstić information content (AvgIpc) is 3.24. The highest BCUT2D eigenvalue weighted by Gasteiger charge is 2.29. The first kappa shape index (κ1) is 22.2. The van der Waals surface area contributed by atoms with Gasteiger partial charge in [0.15, 0.2) is 9.84 Å². The van der Waals surface area contributed by atoms with Crippen molar-refractivity contribution in [1.82, 2.24) is 9.88 Å². The number of piperidine rings is 1. The number of aromatic nitrogens is 1. The standard InChI is InChI=1S/C23H23BrN2O3S2/c1-16-5-7-20(8-6-16)31(28,29)15-22(27)26-11-9-17(10-12-26)23-25-21(14-30-23)18-3-2-4-19(24)13-18/h2-8,13-14,17H,9-12,15H2,1H3. The van der Waals surface area contributed by atoms with Crippen molar-refractivity contribution in [2.24, 2.45) is 0 Å². The predicted molar refractivity (Wildman–Crippen MR) is 127 cm³/mol. The minimum absolute atomic E-state index is 0.198. The molecule has 0 radical (unpaired) electrons. The van der Waals surface area contributed by atoms with Crippen LogP contribution in [0.2, 0.25) is 0 Å². The van der Waals surface area contributed by atoms with E-state index in [4.69, 9.17) is 4.98 Å². The number of carbonyl (C=O) groups excluding carboxylic acids is 1. The molecule has 1 aromatic heterocycles. The molecule has 4 rings (SSSR count). The topological polar surface area (TPSA) is 67.3 Å². The first-order valence-electron chi connectivity index (χ1n) is 10.1. The van der Waals surface area contributed by atoms with Gasteiger partial charge in [0.1, 0.15) is 5.75 Å². The smallest absolute Gasteiger partial charge is 0.238 e. The first-order chi connectivity index (χ1) is 14.8. The van der Waals surface area contributed by atoms with Crippen LogP contribution in [-0.2, 0) is 14.6 Å². The highest BCUT2D eigenvalue weighted by molar-refractivity contribution is 9.10. The van der Waals surface area contributed by atoms with E-state index in [-0.39, 0.29) is 10.8 Å². The molecule has 0 atom stereocenters. The van der Waals surface area contributed by atoms with Gasteiger partial charge in [-0.15, -0.1) is 11.3 Å². The Kier molecular flexibility index (Phi) is 6.60. The van der Waals surface area contributed by atoms with Gasteiger partial charge in [-0.3, -0.25) is 4.79 Å². The van der Waals surface area contributed by atoms with Crippen molar-refractivity contribution >= 4 is 43.0 Å². The molecule has 2 heterocycles. The lowest BCUT2D eigenvalue weighted by Crippen LogP contribution is -2.41. The second kappa shape index (κ2) is 9.22. The lowest BCUT2D eigenvalue weighted by Gasteiger charge is -2.31. The van der Waals surface area contributed by atoms with E-state index in [0.717, 1.165) is 39.1 Å². The zero-order chi connectivity index (χ0) is 22.0. The largest absolute Gasteiger partial charge is 0.342 e. The lowest BCUT2D eigenvalue weighted by atomic mass is 9.97. The van der Waals surface area contributed by atoms with Gasteiger partial charge < -0.3 is 4.90 Å². The molecule has 1 aliphatic heterocycles. The van der Waals surface area contributed by atoms with Crippen molar-refractivity contribution in [3.63, 3.8) is 0 Å². The van der Waals surface area contributed by atoms with Crippen LogP contribution >= 0.6 is 27.3 Å². The van der Waals surface area contributed by atoms with Gasteiger partial charge in [0.25, 0.3) is 0 Å². The van der Waals surface area contributed by atoms with Crippen molar-refractivity contribution in [1.29, 1.82) is 0 Å². The monoisotopic (exact) mass is 518 g/mol. The summed E-state index contributed by atoms with van der Waals surface area (Å²) in [6.45, 7) is 3.01. The van der Waals surface area contributed by atoms with Gasteiger partial charge in [-0.2, -0.15) is 0 Å². The Balaban J connectivity index is 1.36. The van der Waals surface area contributed by atoms with Gasteiger partial charge in [0, 0.05) is 34.4 Å². The molecule has 0 bridgehead atoms. The fourth-order valence-electron chi connectivity index (χ4n) is 3.71. The van der Waals surface area contributed by atoms with E-state index >= 15 is 0 Å². The van der Waals surface area contributed by atoms with Gasteiger partial charge in [0.05, 0.1) is 15.6 Å². The molecule has 0 aliphatic carbocycles. The maximum Gasteiger partial charge on any atom is 0.238 e.